The van der Waals surface area contributed by atoms with Crippen LogP contribution in [0, 0.1) is 5.41 Å². The predicted molar refractivity (Wildman–Crippen MR) is 123 cm³/mol. The third-order valence-corrected chi connectivity index (χ3v) is 5.32. The maximum absolute atomic E-state index is 10.4. The monoisotopic (exact) mass is 498 g/mol. The van der Waals surface area contributed by atoms with E-state index in [1.165, 1.54) is 12.7 Å². The first-order chi connectivity index (χ1) is 13.1. The summed E-state index contributed by atoms with van der Waals surface area (Å²) in [5, 5.41) is 23.9. The van der Waals surface area contributed by atoms with E-state index >= 15 is 0 Å². The Bertz CT molecular complexity index is 751. The highest BCUT2D eigenvalue weighted by atomic mass is 127. The Kier molecular flexibility index (Phi) is 8.68. The summed E-state index contributed by atoms with van der Waals surface area (Å²) in [6.45, 7) is 6.30. The van der Waals surface area contributed by atoms with Crippen molar-refractivity contribution in [1.29, 1.82) is 0 Å². The predicted octanol–water partition coefficient (Wildman–Crippen LogP) is 3.09. The number of aromatic nitrogens is 3. The zero-order chi connectivity index (χ0) is 19.1. The van der Waals surface area contributed by atoms with E-state index in [0.717, 1.165) is 55.3 Å². The number of aromatic amines is 1. The lowest BCUT2D eigenvalue weighted by atomic mass is 9.73. The first kappa shape index (κ1) is 22.6. The van der Waals surface area contributed by atoms with E-state index in [0.29, 0.717) is 6.54 Å². The highest BCUT2D eigenvalue weighted by Crippen LogP contribution is 2.35. The van der Waals surface area contributed by atoms with Gasteiger partial charge < -0.3 is 15.7 Å². The highest BCUT2D eigenvalue weighted by molar-refractivity contribution is 14.0. The molecule has 1 aliphatic carbocycles. The summed E-state index contributed by atoms with van der Waals surface area (Å²) < 4.78 is 0. The molecule has 4 N–H and O–H groups in total. The average Bonchev–Trinajstić information content (AvgIpc) is 3.22. The van der Waals surface area contributed by atoms with Crippen LogP contribution in [0.4, 0.5) is 0 Å². The molecule has 1 aromatic heterocycles. The molecule has 2 unspecified atom stereocenters. The lowest BCUT2D eigenvalue weighted by molar-refractivity contribution is 0.00397. The lowest BCUT2D eigenvalue weighted by Gasteiger charge is -2.38. The van der Waals surface area contributed by atoms with Crippen molar-refractivity contribution in [2.75, 3.05) is 13.1 Å². The topological polar surface area (TPSA) is 98.2 Å². The van der Waals surface area contributed by atoms with Gasteiger partial charge in [-0.25, -0.2) is 9.98 Å². The van der Waals surface area contributed by atoms with Crippen molar-refractivity contribution in [3.8, 4) is 11.4 Å². The van der Waals surface area contributed by atoms with Crippen molar-refractivity contribution in [2.45, 2.75) is 52.2 Å². The molecule has 0 saturated heterocycles. The van der Waals surface area contributed by atoms with E-state index in [1.807, 2.05) is 12.1 Å². The number of nitrogens with zero attached hydrogens (tertiary/aromatic N) is 3. The van der Waals surface area contributed by atoms with Gasteiger partial charge in [0.2, 0.25) is 0 Å². The largest absolute Gasteiger partial charge is 0.392 e. The number of aliphatic hydroxyl groups excluding tert-OH is 1. The van der Waals surface area contributed by atoms with E-state index < -0.39 is 0 Å². The molecule has 1 fully saturated rings. The van der Waals surface area contributed by atoms with Crippen LogP contribution in [-0.2, 0) is 6.54 Å². The van der Waals surface area contributed by atoms with Gasteiger partial charge in [0.1, 0.15) is 6.33 Å². The van der Waals surface area contributed by atoms with Gasteiger partial charge in [-0.3, -0.25) is 5.10 Å². The minimum absolute atomic E-state index is 0. The Morgan fingerprint density at radius 3 is 2.93 bits per heavy atom. The van der Waals surface area contributed by atoms with Crippen molar-refractivity contribution in [3.05, 3.63) is 36.2 Å². The van der Waals surface area contributed by atoms with Crippen LogP contribution in [-0.4, -0.2) is 45.4 Å². The quantitative estimate of drug-likeness (QED) is 0.279. The second kappa shape index (κ2) is 10.8. The van der Waals surface area contributed by atoms with E-state index in [4.69, 9.17) is 4.99 Å². The number of benzene rings is 1. The number of aliphatic hydroxyl groups is 1. The second-order valence-corrected chi connectivity index (χ2v) is 7.50. The molecule has 7 nitrogen and oxygen atoms in total. The van der Waals surface area contributed by atoms with Gasteiger partial charge >= 0.3 is 0 Å². The van der Waals surface area contributed by atoms with Gasteiger partial charge in [0.05, 0.1) is 12.6 Å². The van der Waals surface area contributed by atoms with Gasteiger partial charge in [-0.1, -0.05) is 38.0 Å². The van der Waals surface area contributed by atoms with Crippen LogP contribution in [0.2, 0.25) is 0 Å². The van der Waals surface area contributed by atoms with Crippen molar-refractivity contribution in [1.82, 2.24) is 25.8 Å². The number of aliphatic imine (C=N–C) groups is 1. The maximum Gasteiger partial charge on any atom is 0.191 e. The summed E-state index contributed by atoms with van der Waals surface area (Å²) >= 11 is 0. The molecule has 8 heteroatoms. The molecule has 1 aliphatic rings. The summed E-state index contributed by atoms with van der Waals surface area (Å²) in [5.41, 5.74) is 2.00. The molecule has 0 bridgehead atoms. The van der Waals surface area contributed by atoms with Crippen LogP contribution in [0.5, 0.6) is 0 Å². The lowest BCUT2D eigenvalue weighted by Crippen LogP contribution is -2.48. The zero-order valence-corrected chi connectivity index (χ0v) is 18.9. The molecule has 0 aliphatic heterocycles. The van der Waals surface area contributed by atoms with Crippen molar-refractivity contribution in [2.24, 2.45) is 10.4 Å². The minimum atomic E-state index is -0.250. The van der Waals surface area contributed by atoms with E-state index in [-0.39, 0.29) is 35.5 Å². The third kappa shape index (κ3) is 5.91. The number of rotatable bonds is 6. The van der Waals surface area contributed by atoms with E-state index in [2.05, 4.69) is 51.8 Å². The zero-order valence-electron chi connectivity index (χ0n) is 16.6. The van der Waals surface area contributed by atoms with Crippen LogP contribution < -0.4 is 10.6 Å². The molecular formula is C20H31IN6O. The Morgan fingerprint density at radius 1 is 1.36 bits per heavy atom. The SMILES string of the molecule is CCNC(=NCc1cccc(-c2ncn[nH]2)c1)NCC1(C)CCCCC1O.I. The number of hydrogen-bond acceptors (Lipinski definition) is 4. The smallest absolute Gasteiger partial charge is 0.191 e. The number of hydrogen-bond donors (Lipinski definition) is 4. The summed E-state index contributed by atoms with van der Waals surface area (Å²) in [5.74, 6) is 1.53. The molecule has 0 spiro atoms. The number of guanidine groups is 1. The van der Waals surface area contributed by atoms with Gasteiger partial charge in [-0.05, 0) is 31.4 Å². The Morgan fingerprint density at radius 2 is 2.21 bits per heavy atom. The fourth-order valence-corrected chi connectivity index (χ4v) is 3.55. The Labute approximate surface area is 183 Å². The van der Waals surface area contributed by atoms with Crippen molar-refractivity contribution in [3.63, 3.8) is 0 Å². The summed E-state index contributed by atoms with van der Waals surface area (Å²) in [6, 6.07) is 8.13. The number of nitrogens with one attached hydrogen (secondary N) is 3. The van der Waals surface area contributed by atoms with Crippen LogP contribution in [0.15, 0.2) is 35.6 Å². The molecule has 1 saturated carbocycles. The summed E-state index contributed by atoms with van der Waals surface area (Å²) in [7, 11) is 0. The summed E-state index contributed by atoms with van der Waals surface area (Å²) in [6.07, 6.45) is 5.48. The molecule has 1 heterocycles. The van der Waals surface area contributed by atoms with Gasteiger partial charge in [0.25, 0.3) is 0 Å². The maximum atomic E-state index is 10.4. The molecule has 154 valence electrons. The van der Waals surface area contributed by atoms with Gasteiger partial charge in [-0.15, -0.1) is 24.0 Å². The van der Waals surface area contributed by atoms with Gasteiger partial charge in [-0.2, -0.15) is 5.10 Å². The average molecular weight is 498 g/mol. The number of halogens is 1. The Hall–Kier alpha value is -1.68. The van der Waals surface area contributed by atoms with Gasteiger partial charge in [0, 0.05) is 24.1 Å². The third-order valence-electron chi connectivity index (χ3n) is 5.32. The fourth-order valence-electron chi connectivity index (χ4n) is 3.55. The molecule has 28 heavy (non-hydrogen) atoms. The van der Waals surface area contributed by atoms with E-state index in [1.54, 1.807) is 0 Å². The molecule has 2 atom stereocenters. The highest BCUT2D eigenvalue weighted by Gasteiger charge is 2.35. The Balaban J connectivity index is 0.00000280. The van der Waals surface area contributed by atoms with Crippen LogP contribution >= 0.6 is 24.0 Å². The van der Waals surface area contributed by atoms with Crippen molar-refractivity contribution < 1.29 is 5.11 Å². The molecule has 3 rings (SSSR count). The van der Waals surface area contributed by atoms with Crippen LogP contribution in [0.25, 0.3) is 11.4 Å². The molecule has 0 radical (unpaired) electrons. The summed E-state index contributed by atoms with van der Waals surface area (Å²) in [4.78, 5) is 8.91. The number of H-pyrrole nitrogens is 1. The fraction of sp³-hybridized carbons (Fsp3) is 0.550. The van der Waals surface area contributed by atoms with Crippen LogP contribution in [0.1, 0.15) is 45.1 Å². The second-order valence-electron chi connectivity index (χ2n) is 7.50. The standard InChI is InChI=1S/C20H30N6O.HI/c1-3-21-19(23-13-20(2)10-5-4-9-17(20)27)22-12-15-7-6-8-16(11-15)18-24-14-25-26-18;/h6-8,11,14,17,27H,3-5,9-10,12-13H2,1-2H3,(H2,21,22,23)(H,24,25,26);1H. The molecule has 0 amide bonds. The van der Waals surface area contributed by atoms with Gasteiger partial charge in [0.15, 0.2) is 11.8 Å². The molecular weight excluding hydrogens is 467 g/mol. The molecule has 2 aromatic rings. The first-order valence-electron chi connectivity index (χ1n) is 9.75. The molecule has 1 aromatic carbocycles. The normalized spacial score (nSPS) is 22.4. The van der Waals surface area contributed by atoms with E-state index in [9.17, 15) is 5.11 Å². The van der Waals surface area contributed by atoms with Crippen LogP contribution in [0.3, 0.4) is 0 Å². The first-order valence-corrected chi connectivity index (χ1v) is 9.75. The minimum Gasteiger partial charge on any atom is -0.392 e. The van der Waals surface area contributed by atoms with Crippen molar-refractivity contribution >= 4 is 29.9 Å².